The second kappa shape index (κ2) is 9.46. The Labute approximate surface area is 195 Å². The third-order valence-electron chi connectivity index (χ3n) is 5.04. The molecular weight excluding hydrogens is 434 g/mol. The van der Waals surface area contributed by atoms with Crippen molar-refractivity contribution in [2.75, 3.05) is 0 Å². The molecule has 0 saturated heterocycles. The molecule has 5 aromatic rings. The quantitative estimate of drug-likeness (QED) is 0.277. The molecule has 5 rings (SSSR count). The lowest BCUT2D eigenvalue weighted by Crippen LogP contribution is -2.04. The Kier molecular flexibility index (Phi) is 6.09. The van der Waals surface area contributed by atoms with Crippen LogP contribution in [0.4, 0.5) is 0 Å². The Hall–Kier alpha value is -3.29. The van der Waals surface area contributed by atoms with Crippen molar-refractivity contribution in [1.82, 2.24) is 24.7 Å². The van der Waals surface area contributed by atoms with Gasteiger partial charge in [0.05, 0.1) is 12.2 Å². The first-order valence-corrected chi connectivity index (χ1v) is 12.1. The molecule has 0 spiro atoms. The monoisotopic (exact) mass is 455 g/mol. The standard InChI is InChI=1S/C25H21N5S2/c1-18-7-9-21(10-8-18)24-27-22(16-31-24)17-32-25-29-28-23(20-11-13-26-14-12-20)30(25)15-19-5-3-2-4-6-19/h2-14,16H,15,17H2,1H3. The molecule has 0 fully saturated rings. The maximum absolute atomic E-state index is 4.84. The molecule has 158 valence electrons. The number of aromatic nitrogens is 5. The Balaban J connectivity index is 1.39. The Morgan fingerprint density at radius 2 is 1.66 bits per heavy atom. The predicted molar refractivity (Wildman–Crippen MR) is 131 cm³/mol. The lowest BCUT2D eigenvalue weighted by atomic mass is 10.2. The van der Waals surface area contributed by atoms with Gasteiger partial charge in [0.25, 0.3) is 0 Å². The topological polar surface area (TPSA) is 56.5 Å². The van der Waals surface area contributed by atoms with E-state index in [-0.39, 0.29) is 0 Å². The van der Waals surface area contributed by atoms with Crippen LogP contribution in [0.2, 0.25) is 0 Å². The average Bonchev–Trinajstić information content (AvgIpc) is 3.47. The van der Waals surface area contributed by atoms with Gasteiger partial charge in [-0.25, -0.2) is 4.98 Å². The number of rotatable bonds is 7. The molecule has 0 aliphatic heterocycles. The summed E-state index contributed by atoms with van der Waals surface area (Å²) in [7, 11) is 0. The van der Waals surface area contributed by atoms with E-state index in [1.807, 2.05) is 18.2 Å². The van der Waals surface area contributed by atoms with Crippen LogP contribution in [0.1, 0.15) is 16.8 Å². The minimum atomic E-state index is 0.708. The van der Waals surface area contributed by atoms with E-state index in [4.69, 9.17) is 4.98 Å². The molecule has 0 aliphatic rings. The van der Waals surface area contributed by atoms with Gasteiger partial charge in [-0.15, -0.1) is 21.5 Å². The molecule has 3 aromatic heterocycles. The SMILES string of the molecule is Cc1ccc(-c2nc(CSc3nnc(-c4ccncc4)n3Cc3ccccc3)cs2)cc1. The molecule has 7 heteroatoms. The Morgan fingerprint density at radius 3 is 2.44 bits per heavy atom. The normalized spacial score (nSPS) is 11.0. The van der Waals surface area contributed by atoms with Crippen LogP contribution in [0, 0.1) is 6.92 Å². The van der Waals surface area contributed by atoms with Crippen molar-refractivity contribution in [1.29, 1.82) is 0 Å². The van der Waals surface area contributed by atoms with Gasteiger partial charge < -0.3 is 0 Å². The van der Waals surface area contributed by atoms with E-state index >= 15 is 0 Å². The summed E-state index contributed by atoms with van der Waals surface area (Å²) in [5.74, 6) is 1.59. The first-order chi connectivity index (χ1) is 15.8. The molecule has 0 unspecified atom stereocenters. The van der Waals surface area contributed by atoms with E-state index in [0.29, 0.717) is 6.54 Å². The Morgan fingerprint density at radius 1 is 0.875 bits per heavy atom. The van der Waals surface area contributed by atoms with Crippen molar-refractivity contribution in [3.8, 4) is 22.0 Å². The van der Waals surface area contributed by atoms with Crippen LogP contribution in [0.25, 0.3) is 22.0 Å². The molecule has 3 heterocycles. The smallest absolute Gasteiger partial charge is 0.192 e. The van der Waals surface area contributed by atoms with Crippen LogP contribution in [0.3, 0.4) is 0 Å². The lowest BCUT2D eigenvalue weighted by Gasteiger charge is -2.10. The number of hydrogen-bond acceptors (Lipinski definition) is 6. The van der Waals surface area contributed by atoms with Crippen LogP contribution in [0.5, 0.6) is 0 Å². The molecule has 0 N–H and O–H groups in total. The second-order valence-electron chi connectivity index (χ2n) is 7.41. The summed E-state index contributed by atoms with van der Waals surface area (Å²) >= 11 is 3.34. The molecule has 0 bridgehead atoms. The summed E-state index contributed by atoms with van der Waals surface area (Å²) in [5, 5.41) is 13.1. The van der Waals surface area contributed by atoms with E-state index in [2.05, 4.69) is 80.6 Å². The highest BCUT2D eigenvalue weighted by atomic mass is 32.2. The number of pyridine rings is 1. The van der Waals surface area contributed by atoms with Crippen molar-refractivity contribution in [2.24, 2.45) is 0 Å². The highest BCUT2D eigenvalue weighted by molar-refractivity contribution is 7.98. The summed E-state index contributed by atoms with van der Waals surface area (Å²) < 4.78 is 2.17. The molecule has 5 nitrogen and oxygen atoms in total. The van der Waals surface area contributed by atoms with E-state index in [0.717, 1.165) is 38.6 Å². The number of benzene rings is 2. The fraction of sp³-hybridized carbons (Fsp3) is 0.120. The van der Waals surface area contributed by atoms with Crippen LogP contribution < -0.4 is 0 Å². The van der Waals surface area contributed by atoms with E-state index in [1.54, 1.807) is 35.5 Å². The van der Waals surface area contributed by atoms with Gasteiger partial charge in [-0.1, -0.05) is 71.9 Å². The molecule has 0 atom stereocenters. The van der Waals surface area contributed by atoms with Gasteiger partial charge in [-0.05, 0) is 24.6 Å². The number of thioether (sulfide) groups is 1. The van der Waals surface area contributed by atoms with E-state index in [9.17, 15) is 0 Å². The molecule has 0 aliphatic carbocycles. The van der Waals surface area contributed by atoms with Crippen molar-refractivity contribution < 1.29 is 0 Å². The largest absolute Gasteiger partial charge is 0.298 e. The summed E-state index contributed by atoms with van der Waals surface area (Å²) in [6, 6.07) is 22.8. The van der Waals surface area contributed by atoms with Crippen molar-refractivity contribution in [3.05, 3.63) is 101 Å². The van der Waals surface area contributed by atoms with E-state index < -0.39 is 0 Å². The fourth-order valence-electron chi connectivity index (χ4n) is 3.36. The summed E-state index contributed by atoms with van der Waals surface area (Å²) in [4.78, 5) is 8.97. The summed E-state index contributed by atoms with van der Waals surface area (Å²) in [6.45, 7) is 2.80. The number of nitrogens with zero attached hydrogens (tertiary/aromatic N) is 5. The minimum absolute atomic E-state index is 0.708. The summed E-state index contributed by atoms with van der Waals surface area (Å²) in [6.07, 6.45) is 3.57. The first kappa shape index (κ1) is 20.6. The third-order valence-corrected chi connectivity index (χ3v) is 6.98. The maximum Gasteiger partial charge on any atom is 0.192 e. The maximum atomic E-state index is 4.84. The first-order valence-electron chi connectivity index (χ1n) is 10.3. The van der Waals surface area contributed by atoms with Crippen molar-refractivity contribution in [2.45, 2.75) is 24.4 Å². The zero-order chi connectivity index (χ0) is 21.8. The zero-order valence-corrected chi connectivity index (χ0v) is 19.2. The van der Waals surface area contributed by atoms with Crippen LogP contribution in [0.15, 0.2) is 89.7 Å². The highest BCUT2D eigenvalue weighted by Gasteiger charge is 2.16. The number of aryl methyl sites for hydroxylation is 1. The number of hydrogen-bond donors (Lipinski definition) is 0. The van der Waals surface area contributed by atoms with Crippen LogP contribution in [-0.4, -0.2) is 24.7 Å². The predicted octanol–water partition coefficient (Wildman–Crippen LogP) is 6.11. The van der Waals surface area contributed by atoms with Gasteiger partial charge >= 0.3 is 0 Å². The average molecular weight is 456 g/mol. The lowest BCUT2D eigenvalue weighted by molar-refractivity contribution is 0.714. The molecular formula is C25H21N5S2. The Bertz CT molecular complexity index is 1300. The molecule has 0 saturated carbocycles. The van der Waals surface area contributed by atoms with Gasteiger partial charge in [0.2, 0.25) is 0 Å². The van der Waals surface area contributed by atoms with Gasteiger partial charge in [0.1, 0.15) is 5.01 Å². The molecule has 0 amide bonds. The summed E-state index contributed by atoms with van der Waals surface area (Å²) in [5.41, 5.74) is 5.67. The van der Waals surface area contributed by atoms with Gasteiger partial charge in [-0.3, -0.25) is 9.55 Å². The highest BCUT2D eigenvalue weighted by Crippen LogP contribution is 2.30. The van der Waals surface area contributed by atoms with Crippen LogP contribution >= 0.6 is 23.1 Å². The molecule has 0 radical (unpaired) electrons. The number of thiazole rings is 1. The van der Waals surface area contributed by atoms with Crippen LogP contribution in [-0.2, 0) is 12.3 Å². The van der Waals surface area contributed by atoms with Gasteiger partial charge in [-0.2, -0.15) is 0 Å². The fourth-order valence-corrected chi connectivity index (χ4v) is 5.12. The van der Waals surface area contributed by atoms with Gasteiger partial charge in [0.15, 0.2) is 11.0 Å². The second-order valence-corrected chi connectivity index (χ2v) is 9.21. The van der Waals surface area contributed by atoms with Crippen molar-refractivity contribution in [3.63, 3.8) is 0 Å². The van der Waals surface area contributed by atoms with E-state index in [1.165, 1.54) is 11.1 Å². The molecule has 2 aromatic carbocycles. The van der Waals surface area contributed by atoms with Gasteiger partial charge in [0, 0.05) is 34.7 Å². The molecule has 32 heavy (non-hydrogen) atoms. The third kappa shape index (κ3) is 4.64. The zero-order valence-electron chi connectivity index (χ0n) is 17.5. The van der Waals surface area contributed by atoms with Crippen molar-refractivity contribution >= 4 is 23.1 Å². The minimum Gasteiger partial charge on any atom is -0.298 e.